The number of ketones is 2. The summed E-state index contributed by atoms with van der Waals surface area (Å²) in [7, 11) is 0. The first kappa shape index (κ1) is 12.4. The first-order valence-electron chi connectivity index (χ1n) is 5.28. The van der Waals surface area contributed by atoms with E-state index in [1.807, 2.05) is 24.3 Å². The van der Waals surface area contributed by atoms with Crippen LogP contribution in [-0.2, 0) is 16.0 Å². The van der Waals surface area contributed by atoms with E-state index >= 15 is 0 Å². The van der Waals surface area contributed by atoms with Crippen LogP contribution in [0.4, 0.5) is 0 Å². The SMILES string of the molecule is CC(=O)CCOc1ccc(CC(C)=O)cc1. The lowest BCUT2D eigenvalue weighted by Crippen LogP contribution is -2.02. The van der Waals surface area contributed by atoms with Gasteiger partial charge in [0, 0.05) is 12.8 Å². The van der Waals surface area contributed by atoms with Crippen LogP contribution in [0.5, 0.6) is 5.75 Å². The van der Waals surface area contributed by atoms with Crippen molar-refractivity contribution in [2.45, 2.75) is 26.7 Å². The molecule has 0 saturated heterocycles. The molecule has 3 heteroatoms. The van der Waals surface area contributed by atoms with Gasteiger partial charge in [0.2, 0.25) is 0 Å². The van der Waals surface area contributed by atoms with E-state index in [2.05, 4.69) is 0 Å². The molecule has 0 aliphatic rings. The Labute approximate surface area is 95.4 Å². The fraction of sp³-hybridized carbons (Fsp3) is 0.385. The van der Waals surface area contributed by atoms with Crippen molar-refractivity contribution >= 4 is 11.6 Å². The number of ether oxygens (including phenoxy) is 1. The summed E-state index contributed by atoms with van der Waals surface area (Å²) in [5, 5.41) is 0. The maximum Gasteiger partial charge on any atom is 0.134 e. The zero-order valence-corrected chi connectivity index (χ0v) is 9.66. The fourth-order valence-electron chi connectivity index (χ4n) is 1.30. The van der Waals surface area contributed by atoms with Crippen molar-refractivity contribution in [1.82, 2.24) is 0 Å². The van der Waals surface area contributed by atoms with Crippen LogP contribution in [0.1, 0.15) is 25.8 Å². The second-order valence-corrected chi connectivity index (χ2v) is 3.82. The Morgan fingerprint density at radius 1 is 1.06 bits per heavy atom. The highest BCUT2D eigenvalue weighted by molar-refractivity contribution is 5.78. The second-order valence-electron chi connectivity index (χ2n) is 3.82. The summed E-state index contributed by atoms with van der Waals surface area (Å²) in [5.74, 6) is 0.993. The Hall–Kier alpha value is -1.64. The molecule has 0 amide bonds. The van der Waals surface area contributed by atoms with E-state index in [4.69, 9.17) is 4.74 Å². The number of carbonyl (C=O) groups excluding carboxylic acids is 2. The molecule has 0 aliphatic heterocycles. The van der Waals surface area contributed by atoms with Gasteiger partial charge >= 0.3 is 0 Å². The molecule has 0 unspecified atom stereocenters. The van der Waals surface area contributed by atoms with Gasteiger partial charge in [0.05, 0.1) is 6.61 Å². The number of hydrogen-bond acceptors (Lipinski definition) is 3. The number of hydrogen-bond donors (Lipinski definition) is 0. The van der Waals surface area contributed by atoms with E-state index in [1.54, 1.807) is 13.8 Å². The molecule has 0 saturated carbocycles. The van der Waals surface area contributed by atoms with Gasteiger partial charge in [0.25, 0.3) is 0 Å². The third kappa shape index (κ3) is 4.73. The Morgan fingerprint density at radius 3 is 2.19 bits per heavy atom. The van der Waals surface area contributed by atoms with Crippen molar-refractivity contribution in [2.75, 3.05) is 6.61 Å². The average Bonchev–Trinajstić information content (AvgIpc) is 2.19. The Morgan fingerprint density at radius 2 is 1.69 bits per heavy atom. The molecule has 0 aliphatic carbocycles. The summed E-state index contributed by atoms with van der Waals surface area (Å²) in [6.07, 6.45) is 0.878. The van der Waals surface area contributed by atoms with E-state index in [-0.39, 0.29) is 11.6 Å². The van der Waals surface area contributed by atoms with E-state index in [0.717, 1.165) is 11.3 Å². The Bertz CT molecular complexity index is 365. The molecule has 0 bridgehead atoms. The van der Waals surface area contributed by atoms with Crippen LogP contribution >= 0.6 is 0 Å². The van der Waals surface area contributed by atoms with Gasteiger partial charge in [-0.1, -0.05) is 12.1 Å². The quantitative estimate of drug-likeness (QED) is 0.738. The lowest BCUT2D eigenvalue weighted by Gasteiger charge is -2.05. The van der Waals surface area contributed by atoms with Crippen molar-refractivity contribution in [3.8, 4) is 5.75 Å². The van der Waals surface area contributed by atoms with Crippen LogP contribution < -0.4 is 4.74 Å². The van der Waals surface area contributed by atoms with Crippen LogP contribution in [0.2, 0.25) is 0 Å². The number of carbonyl (C=O) groups is 2. The Kier molecular flexibility index (Phi) is 4.70. The minimum atomic E-state index is 0.119. The molecule has 3 nitrogen and oxygen atoms in total. The van der Waals surface area contributed by atoms with Crippen molar-refractivity contribution in [1.29, 1.82) is 0 Å². The summed E-state index contributed by atoms with van der Waals surface area (Å²) in [6.45, 7) is 3.51. The fourth-order valence-corrected chi connectivity index (χ4v) is 1.30. The summed E-state index contributed by atoms with van der Waals surface area (Å²) >= 11 is 0. The average molecular weight is 220 g/mol. The number of benzene rings is 1. The first-order valence-corrected chi connectivity index (χ1v) is 5.28. The Balaban J connectivity index is 2.45. The zero-order chi connectivity index (χ0) is 12.0. The second kappa shape index (κ2) is 6.05. The molecule has 0 atom stereocenters. The maximum atomic E-state index is 10.9. The molecule has 1 aromatic rings. The first-order chi connectivity index (χ1) is 7.58. The van der Waals surface area contributed by atoms with Crippen LogP contribution in [0, 0.1) is 0 Å². The van der Waals surface area contributed by atoms with Gasteiger partial charge in [0.1, 0.15) is 17.3 Å². The van der Waals surface area contributed by atoms with Gasteiger partial charge in [-0.2, -0.15) is 0 Å². The molecule has 0 fully saturated rings. The van der Waals surface area contributed by atoms with Crippen LogP contribution in [0.15, 0.2) is 24.3 Å². The van der Waals surface area contributed by atoms with Gasteiger partial charge in [-0.3, -0.25) is 9.59 Å². The van der Waals surface area contributed by atoms with Crippen LogP contribution in [0.3, 0.4) is 0 Å². The van der Waals surface area contributed by atoms with Gasteiger partial charge in [-0.15, -0.1) is 0 Å². The molecule has 1 rings (SSSR count). The predicted octanol–water partition coefficient (Wildman–Crippen LogP) is 2.18. The third-order valence-electron chi connectivity index (χ3n) is 2.10. The van der Waals surface area contributed by atoms with E-state index in [9.17, 15) is 9.59 Å². The lowest BCUT2D eigenvalue weighted by atomic mass is 10.1. The van der Waals surface area contributed by atoms with Crippen LogP contribution in [-0.4, -0.2) is 18.2 Å². The molecule has 0 heterocycles. The van der Waals surface area contributed by atoms with Gasteiger partial charge in [-0.05, 0) is 31.5 Å². The highest BCUT2D eigenvalue weighted by atomic mass is 16.5. The van der Waals surface area contributed by atoms with E-state index in [1.165, 1.54) is 0 Å². The molecular weight excluding hydrogens is 204 g/mol. The molecule has 16 heavy (non-hydrogen) atoms. The summed E-state index contributed by atoms with van der Waals surface area (Å²) < 4.78 is 5.37. The lowest BCUT2D eigenvalue weighted by molar-refractivity contribution is -0.117. The maximum absolute atomic E-state index is 10.9. The van der Waals surface area contributed by atoms with Gasteiger partial charge in [-0.25, -0.2) is 0 Å². The highest BCUT2D eigenvalue weighted by Crippen LogP contribution is 2.13. The topological polar surface area (TPSA) is 43.4 Å². The normalized spacial score (nSPS) is 9.88. The molecule has 0 aromatic heterocycles. The minimum absolute atomic E-state index is 0.119. The standard InChI is InChI=1S/C13H16O3/c1-10(14)7-8-16-13-5-3-12(4-6-13)9-11(2)15/h3-6H,7-9H2,1-2H3. The van der Waals surface area contributed by atoms with E-state index in [0.29, 0.717) is 19.4 Å². The molecule has 86 valence electrons. The van der Waals surface area contributed by atoms with Crippen molar-refractivity contribution in [2.24, 2.45) is 0 Å². The van der Waals surface area contributed by atoms with Crippen molar-refractivity contribution in [3.63, 3.8) is 0 Å². The molecular formula is C13H16O3. The molecule has 0 radical (unpaired) electrons. The predicted molar refractivity (Wildman–Crippen MR) is 61.6 cm³/mol. The van der Waals surface area contributed by atoms with Crippen molar-refractivity contribution in [3.05, 3.63) is 29.8 Å². The van der Waals surface area contributed by atoms with Gasteiger partial charge < -0.3 is 4.74 Å². The third-order valence-corrected chi connectivity index (χ3v) is 2.10. The number of rotatable bonds is 6. The molecule has 1 aromatic carbocycles. The summed E-state index contributed by atoms with van der Waals surface area (Å²) in [4.78, 5) is 21.6. The largest absolute Gasteiger partial charge is 0.493 e. The summed E-state index contributed by atoms with van der Waals surface area (Å²) in [5.41, 5.74) is 0.978. The van der Waals surface area contributed by atoms with Crippen LogP contribution in [0.25, 0.3) is 0 Å². The van der Waals surface area contributed by atoms with E-state index < -0.39 is 0 Å². The van der Waals surface area contributed by atoms with Crippen molar-refractivity contribution < 1.29 is 14.3 Å². The number of Topliss-reactive ketones (excluding diaryl/α,β-unsaturated/α-hetero) is 2. The zero-order valence-electron chi connectivity index (χ0n) is 9.66. The highest BCUT2D eigenvalue weighted by Gasteiger charge is 1.99. The monoisotopic (exact) mass is 220 g/mol. The molecule has 0 N–H and O–H groups in total. The smallest absolute Gasteiger partial charge is 0.134 e. The van der Waals surface area contributed by atoms with Gasteiger partial charge in [0.15, 0.2) is 0 Å². The molecule has 0 spiro atoms. The minimum Gasteiger partial charge on any atom is -0.493 e. The summed E-state index contributed by atoms with van der Waals surface area (Å²) in [6, 6.07) is 7.37.